The van der Waals surface area contributed by atoms with E-state index >= 15 is 0 Å². The Morgan fingerprint density at radius 1 is 0.591 bits per heavy atom. The number of piperidine rings is 2. The molecule has 0 aromatic heterocycles. The topological polar surface area (TPSA) is 174 Å². The molecule has 2 saturated heterocycles. The number of rotatable bonds is 10. The van der Waals surface area contributed by atoms with Crippen LogP contribution in [0.15, 0.2) is 60.7 Å². The number of phenols is 2. The van der Waals surface area contributed by atoms with Gasteiger partial charge in [0.05, 0.1) is 24.0 Å². The Hall–Kier alpha value is -5.14. The van der Waals surface area contributed by atoms with Crippen molar-refractivity contribution in [1.82, 2.24) is 9.80 Å². The van der Waals surface area contributed by atoms with Crippen LogP contribution in [0.2, 0.25) is 0 Å². The number of carbonyl (C=O) groups is 4. The summed E-state index contributed by atoms with van der Waals surface area (Å²) >= 11 is 0. The highest BCUT2D eigenvalue weighted by atomic mass is 16.5. The number of aromatic hydroxyl groups is 2. The van der Waals surface area contributed by atoms with Crippen LogP contribution in [0.5, 0.6) is 23.0 Å². The number of Topliss-reactive ketones (excluding diaryl/α,β-unsaturated/α-hetero) is 2. The fourth-order valence-corrected chi connectivity index (χ4v) is 14.2. The molecule has 0 radical (unpaired) electrons. The molecule has 4 N–H and O–H groups in total. The highest BCUT2D eigenvalue weighted by Crippen LogP contribution is 2.62. The van der Waals surface area contributed by atoms with Gasteiger partial charge in [-0.1, -0.05) is 48.5 Å². The number of carbonyl (C=O) groups excluding carboxylic acids is 4. The van der Waals surface area contributed by atoms with Gasteiger partial charge in [0.25, 0.3) is 0 Å². The van der Waals surface area contributed by atoms with Crippen LogP contribution < -0.4 is 9.47 Å². The van der Waals surface area contributed by atoms with E-state index in [0.29, 0.717) is 85.5 Å². The number of esters is 2. The predicted octanol–water partition coefficient (Wildman–Crippen LogP) is 6.07. The van der Waals surface area contributed by atoms with Gasteiger partial charge in [0.2, 0.25) is 0 Å². The quantitative estimate of drug-likeness (QED) is 0.107. The molecular weight excluding hydrogens is 837 g/mol. The summed E-state index contributed by atoms with van der Waals surface area (Å²) in [4.78, 5) is 58.6. The van der Waals surface area contributed by atoms with Crippen LogP contribution in [0.4, 0.5) is 0 Å². The standard InChI is InChI=1S/C54H58N2O10/c57-37-15-17-53(63)43-23-35-11-13-41(49(61)47(35)51(53,27-37)19-21-55(43)29-31-7-8-31)65-45(59)25-33-3-1-5-39-34(4-2-6-40(33)39)26-46(60)66-42-14-12-36-24-44-54(64)18-16-38(58)28-52(54,48(36)50(42)62)20-22-56(44)30-32-9-10-32/h1-6,11-14,31-32,43-44,61-64H,7-10,15-30H2/t43?,44?,51-,52?,53?,54?/m1/s1. The second kappa shape index (κ2) is 15.2. The van der Waals surface area contributed by atoms with E-state index in [2.05, 4.69) is 9.80 Å². The Balaban J connectivity index is 0.776. The summed E-state index contributed by atoms with van der Waals surface area (Å²) in [6, 6.07) is 17.7. The molecule has 344 valence electrons. The second-order valence-electron chi connectivity index (χ2n) is 21.4. The van der Waals surface area contributed by atoms with Crippen molar-refractivity contribution >= 4 is 34.3 Å². The third-order valence-electron chi connectivity index (χ3n) is 17.7. The van der Waals surface area contributed by atoms with E-state index in [1.54, 1.807) is 12.1 Å². The molecule has 6 fully saturated rings. The lowest BCUT2D eigenvalue weighted by atomic mass is 9.49. The van der Waals surface area contributed by atoms with Crippen molar-refractivity contribution in [2.45, 2.75) is 137 Å². The minimum Gasteiger partial charge on any atom is -0.504 e. The van der Waals surface area contributed by atoms with E-state index < -0.39 is 34.0 Å². The van der Waals surface area contributed by atoms with Gasteiger partial charge in [-0.3, -0.25) is 29.0 Å². The average Bonchev–Trinajstić information content (AvgIpc) is 4.23. The molecule has 12 nitrogen and oxygen atoms in total. The van der Waals surface area contributed by atoms with E-state index in [4.69, 9.17) is 9.47 Å². The lowest BCUT2D eigenvalue weighted by Gasteiger charge is -2.63. The fraction of sp³-hybridized carbons (Fsp3) is 0.519. The number of ketones is 2. The van der Waals surface area contributed by atoms with Crippen LogP contribution in [0.25, 0.3) is 10.8 Å². The van der Waals surface area contributed by atoms with Crippen molar-refractivity contribution < 1.29 is 49.1 Å². The van der Waals surface area contributed by atoms with Crippen LogP contribution in [-0.4, -0.2) is 103 Å². The molecule has 4 aromatic rings. The zero-order valence-electron chi connectivity index (χ0n) is 37.4. The van der Waals surface area contributed by atoms with Gasteiger partial charge in [-0.05, 0) is 134 Å². The molecule has 4 saturated carbocycles. The van der Waals surface area contributed by atoms with Crippen molar-refractivity contribution in [2.75, 3.05) is 26.2 Å². The van der Waals surface area contributed by atoms with Gasteiger partial charge >= 0.3 is 11.9 Å². The van der Waals surface area contributed by atoms with Crippen molar-refractivity contribution in [2.24, 2.45) is 11.8 Å². The molecule has 12 rings (SSSR count). The van der Waals surface area contributed by atoms with Crippen LogP contribution in [0.1, 0.15) is 110 Å². The molecule has 2 aliphatic heterocycles. The number of aliphatic hydroxyl groups is 2. The maximum absolute atomic E-state index is 13.8. The first-order valence-electron chi connectivity index (χ1n) is 24.4. The summed E-state index contributed by atoms with van der Waals surface area (Å²) in [5.74, 6) is -0.147. The largest absolute Gasteiger partial charge is 0.504 e. The maximum atomic E-state index is 13.8. The first-order valence-corrected chi connectivity index (χ1v) is 24.4. The number of phenolic OH excluding ortho intramolecular Hbond substituents is 2. The molecule has 5 unspecified atom stereocenters. The number of benzene rings is 4. The fourth-order valence-electron chi connectivity index (χ4n) is 14.2. The summed E-state index contributed by atoms with van der Waals surface area (Å²) in [6.07, 6.45) is 8.27. The van der Waals surface area contributed by atoms with E-state index in [1.807, 2.05) is 48.5 Å². The average molecular weight is 895 g/mol. The van der Waals surface area contributed by atoms with Crippen molar-refractivity contribution in [3.05, 3.63) is 94.0 Å². The van der Waals surface area contributed by atoms with Gasteiger partial charge in [0.15, 0.2) is 23.0 Å². The smallest absolute Gasteiger partial charge is 0.315 e. The number of fused-ring (bicyclic) bond motifs is 3. The SMILES string of the molecule is O=C1CCC2(O)C3Cc4ccc(OC(=O)Cc5cccc6c(CC(=O)Oc7ccc8c(c7O)[C@]79CCN(CC%10CC%10)C(C8)C7(O)CCC(=O)C9)cccc56)c(O)c4C2(CCN3CC2CC2)C1. The van der Waals surface area contributed by atoms with Crippen molar-refractivity contribution in [3.63, 3.8) is 0 Å². The first-order chi connectivity index (χ1) is 31.8. The normalized spacial score (nSPS) is 31.4. The zero-order valence-corrected chi connectivity index (χ0v) is 37.4. The number of hydrogen-bond donors (Lipinski definition) is 4. The van der Waals surface area contributed by atoms with Gasteiger partial charge in [-0.2, -0.15) is 0 Å². The summed E-state index contributed by atoms with van der Waals surface area (Å²) < 4.78 is 11.8. The molecular formula is C54H58N2O10. The molecule has 0 amide bonds. The van der Waals surface area contributed by atoms with Gasteiger partial charge in [-0.25, -0.2) is 0 Å². The molecule has 12 heteroatoms. The Labute approximate surface area is 383 Å². The van der Waals surface area contributed by atoms with Crippen molar-refractivity contribution in [3.8, 4) is 23.0 Å². The summed E-state index contributed by atoms with van der Waals surface area (Å²) in [5.41, 5.74) is -0.140. The molecule has 2 heterocycles. The molecule has 4 bridgehead atoms. The Kier molecular flexibility index (Phi) is 9.72. The van der Waals surface area contributed by atoms with Crippen LogP contribution in [0, 0.1) is 11.8 Å². The maximum Gasteiger partial charge on any atom is 0.315 e. The molecule has 66 heavy (non-hydrogen) atoms. The predicted molar refractivity (Wildman–Crippen MR) is 243 cm³/mol. The molecule has 8 aliphatic rings. The number of ether oxygens (including phenoxy) is 2. The molecule has 6 aliphatic carbocycles. The first kappa shape index (κ1) is 42.2. The number of hydrogen-bond acceptors (Lipinski definition) is 12. The van der Waals surface area contributed by atoms with E-state index in [1.165, 1.54) is 25.7 Å². The minimum atomic E-state index is -1.19. The van der Waals surface area contributed by atoms with Gasteiger partial charge in [-0.15, -0.1) is 0 Å². The van der Waals surface area contributed by atoms with E-state index in [-0.39, 0.29) is 72.3 Å². The lowest BCUT2D eigenvalue weighted by molar-refractivity contribution is -0.173. The molecule has 6 atom stereocenters. The van der Waals surface area contributed by atoms with Crippen LogP contribution >= 0.6 is 0 Å². The molecule has 4 aromatic carbocycles. The van der Waals surface area contributed by atoms with E-state index in [0.717, 1.165) is 48.1 Å². The molecule has 0 spiro atoms. The Bertz CT molecular complexity index is 2560. The van der Waals surface area contributed by atoms with Gasteiger partial charge < -0.3 is 29.9 Å². The summed E-state index contributed by atoms with van der Waals surface area (Å²) in [5, 5.41) is 50.5. The highest BCUT2D eigenvalue weighted by Gasteiger charge is 2.67. The van der Waals surface area contributed by atoms with Crippen molar-refractivity contribution in [1.29, 1.82) is 0 Å². The van der Waals surface area contributed by atoms with Gasteiger partial charge in [0, 0.05) is 72.8 Å². The highest BCUT2D eigenvalue weighted by molar-refractivity contribution is 5.94. The minimum absolute atomic E-state index is 0.000300. The summed E-state index contributed by atoms with van der Waals surface area (Å²) in [6.45, 7) is 3.33. The van der Waals surface area contributed by atoms with Crippen LogP contribution in [0.3, 0.4) is 0 Å². The Morgan fingerprint density at radius 3 is 1.42 bits per heavy atom. The summed E-state index contributed by atoms with van der Waals surface area (Å²) in [7, 11) is 0. The monoisotopic (exact) mass is 894 g/mol. The zero-order chi connectivity index (χ0) is 45.3. The number of likely N-dealkylation sites (tertiary alicyclic amines) is 2. The Morgan fingerprint density at radius 2 is 1.02 bits per heavy atom. The van der Waals surface area contributed by atoms with Gasteiger partial charge in [0.1, 0.15) is 11.6 Å². The lowest BCUT2D eigenvalue weighted by Crippen LogP contribution is -2.73. The third kappa shape index (κ3) is 6.44. The number of nitrogens with zero attached hydrogens (tertiary/aromatic N) is 2. The third-order valence-corrected chi connectivity index (χ3v) is 17.7. The van der Waals surface area contributed by atoms with Crippen LogP contribution in [-0.2, 0) is 55.7 Å². The second-order valence-corrected chi connectivity index (χ2v) is 21.4. The van der Waals surface area contributed by atoms with E-state index in [9.17, 15) is 39.6 Å².